The summed E-state index contributed by atoms with van der Waals surface area (Å²) in [6.07, 6.45) is -0.305. The second-order valence-corrected chi connectivity index (χ2v) is 4.22. The lowest BCUT2D eigenvalue weighted by molar-refractivity contribution is 0.00235. The van der Waals surface area contributed by atoms with Crippen LogP contribution in [0.2, 0.25) is 0 Å². The van der Waals surface area contributed by atoms with Crippen LogP contribution in [0.1, 0.15) is 5.56 Å². The number of amidine groups is 1. The minimum atomic E-state index is -0.305. The first-order chi connectivity index (χ1) is 8.15. The molecule has 0 saturated carbocycles. The lowest BCUT2D eigenvalue weighted by Crippen LogP contribution is -2.47. The van der Waals surface area contributed by atoms with Crippen molar-refractivity contribution in [2.45, 2.75) is 12.6 Å². The Bertz CT molecular complexity index is 408. The van der Waals surface area contributed by atoms with Gasteiger partial charge in [0.25, 0.3) is 0 Å². The van der Waals surface area contributed by atoms with Crippen LogP contribution in [-0.4, -0.2) is 41.6 Å². The molecule has 1 unspecified atom stereocenters. The largest absolute Gasteiger partial charge is 0.508 e. The maximum absolute atomic E-state index is 9.39. The Labute approximate surface area is 100 Å². The van der Waals surface area contributed by atoms with Crippen LogP contribution in [-0.2, 0) is 11.3 Å². The summed E-state index contributed by atoms with van der Waals surface area (Å²) in [6.45, 7) is 2.77. The SMILES string of the molecule is N=C(N)C1CN(Cc2cccc(O)c2)CCO1. The van der Waals surface area contributed by atoms with Crippen LogP contribution in [0.4, 0.5) is 0 Å². The van der Waals surface area contributed by atoms with Crippen molar-refractivity contribution in [2.75, 3.05) is 19.7 Å². The Morgan fingerprint density at radius 2 is 2.41 bits per heavy atom. The Balaban J connectivity index is 1.97. The number of benzene rings is 1. The van der Waals surface area contributed by atoms with E-state index in [1.165, 1.54) is 0 Å². The van der Waals surface area contributed by atoms with Gasteiger partial charge in [0.05, 0.1) is 6.61 Å². The molecule has 5 nitrogen and oxygen atoms in total. The molecule has 0 aliphatic carbocycles. The number of hydrogen-bond acceptors (Lipinski definition) is 4. The third kappa shape index (κ3) is 3.18. The number of hydrogen-bond donors (Lipinski definition) is 3. The number of aromatic hydroxyl groups is 1. The quantitative estimate of drug-likeness (QED) is 0.527. The lowest BCUT2D eigenvalue weighted by Gasteiger charge is -2.32. The molecule has 1 aliphatic rings. The molecule has 0 amide bonds. The summed E-state index contributed by atoms with van der Waals surface area (Å²) in [7, 11) is 0. The fourth-order valence-electron chi connectivity index (χ4n) is 1.95. The minimum Gasteiger partial charge on any atom is -0.508 e. The van der Waals surface area contributed by atoms with Crippen LogP contribution in [0.25, 0.3) is 0 Å². The van der Waals surface area contributed by atoms with E-state index in [1.54, 1.807) is 12.1 Å². The van der Waals surface area contributed by atoms with E-state index >= 15 is 0 Å². The van der Waals surface area contributed by atoms with Crippen molar-refractivity contribution in [2.24, 2.45) is 5.73 Å². The zero-order valence-corrected chi connectivity index (χ0v) is 9.60. The van der Waals surface area contributed by atoms with E-state index in [9.17, 15) is 5.11 Å². The molecule has 4 N–H and O–H groups in total. The molecule has 1 atom stereocenters. The van der Waals surface area contributed by atoms with Gasteiger partial charge in [-0.05, 0) is 17.7 Å². The van der Waals surface area contributed by atoms with E-state index in [2.05, 4.69) is 4.90 Å². The van der Waals surface area contributed by atoms with Gasteiger partial charge in [0.1, 0.15) is 17.7 Å². The number of phenols is 1. The zero-order chi connectivity index (χ0) is 12.3. The first kappa shape index (κ1) is 11.9. The van der Waals surface area contributed by atoms with Crippen molar-refractivity contribution < 1.29 is 9.84 Å². The van der Waals surface area contributed by atoms with Crippen LogP contribution >= 0.6 is 0 Å². The highest BCUT2D eigenvalue weighted by atomic mass is 16.5. The highest BCUT2D eigenvalue weighted by Crippen LogP contribution is 2.14. The lowest BCUT2D eigenvalue weighted by atomic mass is 10.1. The Hall–Kier alpha value is -1.59. The predicted molar refractivity (Wildman–Crippen MR) is 65.0 cm³/mol. The van der Waals surface area contributed by atoms with Crippen LogP contribution in [0.3, 0.4) is 0 Å². The molecule has 1 fully saturated rings. The van der Waals surface area contributed by atoms with E-state index in [0.29, 0.717) is 13.2 Å². The molecular formula is C12H17N3O2. The molecule has 2 rings (SSSR count). The van der Waals surface area contributed by atoms with Gasteiger partial charge >= 0.3 is 0 Å². The molecule has 92 valence electrons. The van der Waals surface area contributed by atoms with Gasteiger partial charge in [-0.3, -0.25) is 10.3 Å². The average Bonchev–Trinajstić information content (AvgIpc) is 2.29. The van der Waals surface area contributed by atoms with E-state index in [0.717, 1.165) is 18.7 Å². The van der Waals surface area contributed by atoms with Gasteiger partial charge in [0, 0.05) is 19.6 Å². The smallest absolute Gasteiger partial charge is 0.127 e. The topological polar surface area (TPSA) is 82.6 Å². The maximum atomic E-state index is 9.39. The van der Waals surface area contributed by atoms with Gasteiger partial charge in [-0.2, -0.15) is 0 Å². The summed E-state index contributed by atoms with van der Waals surface area (Å²) in [6, 6.07) is 7.20. The van der Waals surface area contributed by atoms with Crippen molar-refractivity contribution in [3.63, 3.8) is 0 Å². The second kappa shape index (κ2) is 5.16. The highest BCUT2D eigenvalue weighted by Gasteiger charge is 2.22. The van der Waals surface area contributed by atoms with E-state index in [4.69, 9.17) is 15.9 Å². The number of rotatable bonds is 3. The van der Waals surface area contributed by atoms with E-state index in [-0.39, 0.29) is 17.7 Å². The van der Waals surface area contributed by atoms with Gasteiger partial charge in [0.15, 0.2) is 0 Å². The molecule has 1 aromatic carbocycles. The van der Waals surface area contributed by atoms with Gasteiger partial charge in [-0.1, -0.05) is 12.1 Å². The summed E-state index contributed by atoms with van der Waals surface area (Å²) in [5.74, 6) is 0.351. The average molecular weight is 235 g/mol. The molecule has 0 spiro atoms. The highest BCUT2D eigenvalue weighted by molar-refractivity contribution is 5.82. The third-order valence-electron chi connectivity index (χ3n) is 2.81. The van der Waals surface area contributed by atoms with Crippen molar-refractivity contribution >= 4 is 5.84 Å². The van der Waals surface area contributed by atoms with E-state index in [1.807, 2.05) is 12.1 Å². The molecule has 1 aliphatic heterocycles. The van der Waals surface area contributed by atoms with Crippen LogP contribution in [0, 0.1) is 5.41 Å². The number of nitrogens with zero attached hydrogens (tertiary/aromatic N) is 1. The van der Waals surface area contributed by atoms with Gasteiger partial charge < -0.3 is 15.6 Å². The van der Waals surface area contributed by atoms with Crippen molar-refractivity contribution in [1.82, 2.24) is 4.90 Å². The van der Waals surface area contributed by atoms with Gasteiger partial charge in [0.2, 0.25) is 0 Å². The second-order valence-electron chi connectivity index (χ2n) is 4.22. The summed E-state index contributed by atoms with van der Waals surface area (Å²) in [4.78, 5) is 2.17. The predicted octanol–water partition coefficient (Wildman–Crippen LogP) is 0.529. The van der Waals surface area contributed by atoms with Gasteiger partial charge in [-0.15, -0.1) is 0 Å². The van der Waals surface area contributed by atoms with Crippen LogP contribution < -0.4 is 5.73 Å². The van der Waals surface area contributed by atoms with E-state index < -0.39 is 0 Å². The minimum absolute atomic E-state index is 0.0746. The van der Waals surface area contributed by atoms with Gasteiger partial charge in [-0.25, -0.2) is 0 Å². The molecule has 17 heavy (non-hydrogen) atoms. The first-order valence-corrected chi connectivity index (χ1v) is 5.61. The molecule has 5 heteroatoms. The van der Waals surface area contributed by atoms with Crippen LogP contribution in [0.15, 0.2) is 24.3 Å². The summed E-state index contributed by atoms with van der Waals surface area (Å²) >= 11 is 0. The van der Waals surface area contributed by atoms with Crippen LogP contribution in [0.5, 0.6) is 5.75 Å². The summed E-state index contributed by atoms with van der Waals surface area (Å²) in [5.41, 5.74) is 6.49. The standard InChI is InChI=1S/C12H17N3O2/c13-12(14)11-8-15(4-5-17-11)7-9-2-1-3-10(16)6-9/h1-3,6,11,16H,4-5,7-8H2,(H3,13,14). The monoisotopic (exact) mass is 235 g/mol. The van der Waals surface area contributed by atoms with Crippen molar-refractivity contribution in [1.29, 1.82) is 5.41 Å². The number of nitrogens with two attached hydrogens (primary N) is 1. The molecule has 1 heterocycles. The molecule has 1 saturated heterocycles. The summed E-state index contributed by atoms with van der Waals surface area (Å²) < 4.78 is 5.39. The Kier molecular flexibility index (Phi) is 3.61. The molecule has 0 radical (unpaired) electrons. The third-order valence-corrected chi connectivity index (χ3v) is 2.81. The van der Waals surface area contributed by atoms with Crippen molar-refractivity contribution in [3.05, 3.63) is 29.8 Å². The first-order valence-electron chi connectivity index (χ1n) is 5.61. The number of phenolic OH excluding ortho intramolecular Hbond substituents is 1. The zero-order valence-electron chi connectivity index (χ0n) is 9.60. The Morgan fingerprint density at radius 3 is 3.12 bits per heavy atom. The molecular weight excluding hydrogens is 218 g/mol. The number of morpholine rings is 1. The Morgan fingerprint density at radius 1 is 1.59 bits per heavy atom. The number of ether oxygens (including phenoxy) is 1. The normalized spacial score (nSPS) is 21.3. The maximum Gasteiger partial charge on any atom is 0.127 e. The number of nitrogens with one attached hydrogen (secondary N) is 1. The molecule has 1 aromatic rings. The molecule has 0 aromatic heterocycles. The molecule has 0 bridgehead atoms. The summed E-state index contributed by atoms with van der Waals surface area (Å²) in [5, 5.41) is 16.8. The fourth-order valence-corrected chi connectivity index (χ4v) is 1.95. The fraction of sp³-hybridized carbons (Fsp3) is 0.417. The van der Waals surface area contributed by atoms with Crippen molar-refractivity contribution in [3.8, 4) is 5.75 Å².